The number of carbonyl (C=O) groups is 3. The summed E-state index contributed by atoms with van der Waals surface area (Å²) in [5, 5.41) is 5.79. The van der Waals surface area contributed by atoms with Crippen molar-refractivity contribution in [2.75, 3.05) is 26.7 Å². The highest BCUT2D eigenvalue weighted by Crippen LogP contribution is 2.03. The van der Waals surface area contributed by atoms with Crippen molar-refractivity contribution in [3.63, 3.8) is 0 Å². The fourth-order valence-electron chi connectivity index (χ4n) is 1.61. The van der Waals surface area contributed by atoms with Crippen molar-refractivity contribution in [3.05, 3.63) is 12.2 Å². The second kappa shape index (κ2) is 7.60. The lowest BCUT2D eigenvalue weighted by atomic mass is 10.3. The van der Waals surface area contributed by atoms with E-state index in [1.54, 1.807) is 0 Å². The number of rotatable bonds is 8. The lowest BCUT2D eigenvalue weighted by molar-refractivity contribution is -0.137. The Morgan fingerprint density at radius 2 is 1.78 bits per heavy atom. The van der Waals surface area contributed by atoms with Gasteiger partial charge in [-0.15, -0.1) is 0 Å². The lowest BCUT2D eigenvalue weighted by Gasteiger charge is -2.13. The molecule has 6 heteroatoms. The second-order valence-corrected chi connectivity index (χ2v) is 4.07. The molecular formula is C12H19N3O3. The number of unbranched alkanes of at least 4 members (excludes halogenated alkanes) is 1. The van der Waals surface area contributed by atoms with Crippen molar-refractivity contribution in [2.45, 2.75) is 19.3 Å². The molecule has 0 radical (unpaired) electrons. The Morgan fingerprint density at radius 1 is 1.17 bits per heavy atom. The van der Waals surface area contributed by atoms with E-state index in [2.05, 4.69) is 10.6 Å². The van der Waals surface area contributed by atoms with E-state index in [1.165, 1.54) is 12.2 Å². The largest absolute Gasteiger partial charge is 0.356 e. The molecule has 18 heavy (non-hydrogen) atoms. The van der Waals surface area contributed by atoms with E-state index in [0.29, 0.717) is 6.54 Å². The van der Waals surface area contributed by atoms with Crippen LogP contribution in [0.25, 0.3) is 0 Å². The van der Waals surface area contributed by atoms with Crippen molar-refractivity contribution in [3.8, 4) is 0 Å². The summed E-state index contributed by atoms with van der Waals surface area (Å²) in [5.41, 5.74) is 0. The van der Waals surface area contributed by atoms with Gasteiger partial charge in [0, 0.05) is 31.7 Å². The fraction of sp³-hybridized carbons (Fsp3) is 0.583. The molecule has 3 amide bonds. The van der Waals surface area contributed by atoms with Gasteiger partial charge in [-0.1, -0.05) is 0 Å². The Labute approximate surface area is 106 Å². The van der Waals surface area contributed by atoms with Gasteiger partial charge in [0.25, 0.3) is 11.8 Å². The number of carbonyl (C=O) groups excluding carboxylic acids is 3. The summed E-state index contributed by atoms with van der Waals surface area (Å²) >= 11 is 0. The molecule has 0 atom stereocenters. The number of nitrogens with one attached hydrogen (secondary N) is 2. The first-order valence-electron chi connectivity index (χ1n) is 6.10. The number of hydrogen-bond acceptors (Lipinski definition) is 4. The van der Waals surface area contributed by atoms with Crippen LogP contribution in [0, 0.1) is 0 Å². The molecule has 0 saturated heterocycles. The Hall–Kier alpha value is -1.69. The lowest BCUT2D eigenvalue weighted by Crippen LogP contribution is -2.35. The summed E-state index contributed by atoms with van der Waals surface area (Å²) in [6, 6.07) is 0. The Kier molecular flexibility index (Phi) is 6.07. The molecular weight excluding hydrogens is 234 g/mol. The van der Waals surface area contributed by atoms with Gasteiger partial charge < -0.3 is 10.6 Å². The van der Waals surface area contributed by atoms with Crippen LogP contribution in [0.4, 0.5) is 0 Å². The number of imide groups is 1. The normalized spacial score (nSPS) is 14.4. The van der Waals surface area contributed by atoms with Gasteiger partial charge in [0.1, 0.15) is 0 Å². The minimum Gasteiger partial charge on any atom is -0.356 e. The van der Waals surface area contributed by atoms with Gasteiger partial charge in [0.15, 0.2) is 0 Å². The maximum Gasteiger partial charge on any atom is 0.253 e. The summed E-state index contributed by atoms with van der Waals surface area (Å²) < 4.78 is 0. The van der Waals surface area contributed by atoms with E-state index < -0.39 is 0 Å². The molecule has 1 aliphatic heterocycles. The van der Waals surface area contributed by atoms with E-state index in [0.717, 1.165) is 24.3 Å². The zero-order chi connectivity index (χ0) is 13.4. The zero-order valence-electron chi connectivity index (χ0n) is 10.6. The van der Waals surface area contributed by atoms with Gasteiger partial charge in [-0.25, -0.2) is 0 Å². The minimum atomic E-state index is -0.346. The van der Waals surface area contributed by atoms with Gasteiger partial charge in [-0.2, -0.15) is 0 Å². The molecule has 0 spiro atoms. The first-order valence-corrected chi connectivity index (χ1v) is 6.10. The Balaban J connectivity index is 2.10. The van der Waals surface area contributed by atoms with Crippen LogP contribution >= 0.6 is 0 Å². The highest BCUT2D eigenvalue weighted by molar-refractivity contribution is 6.13. The van der Waals surface area contributed by atoms with Crippen LogP contribution < -0.4 is 10.6 Å². The first kappa shape index (κ1) is 14.4. The molecule has 1 rings (SSSR count). The van der Waals surface area contributed by atoms with Gasteiger partial charge in [-0.05, 0) is 26.4 Å². The maximum absolute atomic E-state index is 11.4. The minimum absolute atomic E-state index is 0.132. The molecule has 100 valence electrons. The smallest absolute Gasteiger partial charge is 0.253 e. The summed E-state index contributed by atoms with van der Waals surface area (Å²) in [4.78, 5) is 34.9. The fourth-order valence-corrected chi connectivity index (χ4v) is 1.61. The summed E-state index contributed by atoms with van der Waals surface area (Å²) in [6.07, 6.45) is 4.51. The molecule has 0 aliphatic carbocycles. The highest BCUT2D eigenvalue weighted by Gasteiger charge is 2.23. The second-order valence-electron chi connectivity index (χ2n) is 4.07. The van der Waals surface area contributed by atoms with Crippen molar-refractivity contribution >= 4 is 17.7 Å². The average Bonchev–Trinajstić information content (AvgIpc) is 2.66. The zero-order valence-corrected chi connectivity index (χ0v) is 10.6. The van der Waals surface area contributed by atoms with Crippen LogP contribution in [0.5, 0.6) is 0 Å². The molecule has 0 saturated carbocycles. The van der Waals surface area contributed by atoms with Gasteiger partial charge >= 0.3 is 0 Å². The molecule has 6 nitrogen and oxygen atoms in total. The van der Waals surface area contributed by atoms with Crippen molar-refractivity contribution in [1.29, 1.82) is 0 Å². The molecule has 0 aromatic heterocycles. The molecule has 2 N–H and O–H groups in total. The average molecular weight is 253 g/mol. The predicted octanol–water partition coefficient (Wildman–Crippen LogP) is -0.583. The molecule has 0 fully saturated rings. The molecule has 0 aromatic carbocycles. The Morgan fingerprint density at radius 3 is 2.39 bits per heavy atom. The van der Waals surface area contributed by atoms with Crippen LogP contribution in [0.2, 0.25) is 0 Å². The summed E-state index contributed by atoms with van der Waals surface area (Å²) in [5.74, 6) is -0.824. The van der Waals surface area contributed by atoms with Gasteiger partial charge in [-0.3, -0.25) is 19.3 Å². The Bertz CT molecular complexity index is 334. The van der Waals surface area contributed by atoms with Crippen LogP contribution in [-0.4, -0.2) is 49.3 Å². The molecule has 1 aliphatic rings. The van der Waals surface area contributed by atoms with Crippen LogP contribution in [0.15, 0.2) is 12.2 Å². The third kappa shape index (κ3) is 4.67. The molecule has 0 unspecified atom stereocenters. The van der Waals surface area contributed by atoms with E-state index in [9.17, 15) is 14.4 Å². The van der Waals surface area contributed by atoms with Crippen molar-refractivity contribution in [1.82, 2.24) is 15.5 Å². The van der Waals surface area contributed by atoms with Crippen molar-refractivity contribution < 1.29 is 14.4 Å². The number of amides is 3. The monoisotopic (exact) mass is 253 g/mol. The van der Waals surface area contributed by atoms with Gasteiger partial charge in [0.2, 0.25) is 5.91 Å². The van der Waals surface area contributed by atoms with Gasteiger partial charge in [0.05, 0.1) is 0 Å². The third-order valence-corrected chi connectivity index (χ3v) is 2.64. The summed E-state index contributed by atoms with van der Waals surface area (Å²) in [6.45, 7) is 1.70. The predicted molar refractivity (Wildman–Crippen MR) is 66.6 cm³/mol. The maximum atomic E-state index is 11.4. The highest BCUT2D eigenvalue weighted by atomic mass is 16.2. The molecule has 1 heterocycles. The third-order valence-electron chi connectivity index (χ3n) is 2.64. The van der Waals surface area contributed by atoms with Crippen LogP contribution in [0.3, 0.4) is 0 Å². The number of hydrogen-bond donors (Lipinski definition) is 2. The molecule has 0 bridgehead atoms. The van der Waals surface area contributed by atoms with E-state index >= 15 is 0 Å². The SMILES string of the molecule is CNCCCCNC(=O)CCN1C(=O)C=CC1=O. The van der Waals surface area contributed by atoms with Crippen LogP contribution in [0.1, 0.15) is 19.3 Å². The number of nitrogens with zero attached hydrogens (tertiary/aromatic N) is 1. The topological polar surface area (TPSA) is 78.5 Å². The van der Waals surface area contributed by atoms with Crippen molar-refractivity contribution in [2.24, 2.45) is 0 Å². The summed E-state index contributed by atoms with van der Waals surface area (Å²) in [7, 11) is 1.89. The van der Waals surface area contributed by atoms with Crippen LogP contribution in [-0.2, 0) is 14.4 Å². The van der Waals surface area contributed by atoms with E-state index in [4.69, 9.17) is 0 Å². The van der Waals surface area contributed by atoms with E-state index in [1.807, 2.05) is 7.05 Å². The van der Waals surface area contributed by atoms with E-state index in [-0.39, 0.29) is 30.7 Å². The molecule has 0 aromatic rings. The standard InChI is InChI=1S/C12H19N3O3/c1-13-7-2-3-8-14-10(16)6-9-15-11(17)4-5-12(15)18/h4-5,13H,2-3,6-9H2,1H3,(H,14,16). The quantitative estimate of drug-likeness (QED) is 0.448. The first-order chi connectivity index (χ1) is 8.65.